The van der Waals surface area contributed by atoms with E-state index in [1.807, 2.05) is 30.3 Å². The van der Waals surface area contributed by atoms with Crippen LogP contribution in [0, 0.1) is 11.8 Å². The van der Waals surface area contributed by atoms with Crippen molar-refractivity contribution in [2.75, 3.05) is 40.5 Å². The Labute approximate surface area is 224 Å². The third kappa shape index (κ3) is 6.72. The number of likely N-dealkylation sites (tertiary alicyclic amines) is 1. The highest BCUT2D eigenvalue weighted by Crippen LogP contribution is 2.39. The average Bonchev–Trinajstić information content (AvgIpc) is 3.22. The van der Waals surface area contributed by atoms with Crippen LogP contribution >= 0.6 is 0 Å². The fourth-order valence-corrected chi connectivity index (χ4v) is 5.55. The molecule has 1 amide bonds. The smallest absolute Gasteiger partial charge is 0.307 e. The van der Waals surface area contributed by atoms with Crippen molar-refractivity contribution in [3.63, 3.8) is 0 Å². The Balaban J connectivity index is 1.24. The van der Waals surface area contributed by atoms with Gasteiger partial charge in [0.15, 0.2) is 17.3 Å². The van der Waals surface area contributed by atoms with Crippen molar-refractivity contribution in [1.29, 1.82) is 0 Å². The molecule has 2 aliphatic rings. The third-order valence-corrected chi connectivity index (χ3v) is 7.55. The third-order valence-electron chi connectivity index (χ3n) is 7.55. The predicted molar refractivity (Wildman–Crippen MR) is 144 cm³/mol. The number of amides is 1. The molecule has 204 valence electrons. The van der Waals surface area contributed by atoms with Gasteiger partial charge in [0.25, 0.3) is 5.91 Å². The molecule has 0 bridgehead atoms. The molecule has 8 heteroatoms. The van der Waals surface area contributed by atoms with Crippen molar-refractivity contribution in [3.8, 4) is 11.5 Å². The van der Waals surface area contributed by atoms with Crippen molar-refractivity contribution in [1.82, 2.24) is 10.2 Å². The summed E-state index contributed by atoms with van der Waals surface area (Å²) in [6.45, 7) is 5.07. The van der Waals surface area contributed by atoms with E-state index in [4.69, 9.17) is 14.2 Å². The lowest BCUT2D eigenvalue weighted by molar-refractivity contribution is -0.142. The molecule has 1 unspecified atom stereocenters. The van der Waals surface area contributed by atoms with Gasteiger partial charge in [-0.2, -0.15) is 0 Å². The Bertz CT molecular complexity index is 1160. The van der Waals surface area contributed by atoms with Crippen LogP contribution in [0.5, 0.6) is 11.5 Å². The summed E-state index contributed by atoms with van der Waals surface area (Å²) in [5, 5.41) is 2.79. The molecule has 0 saturated carbocycles. The predicted octanol–water partition coefficient (Wildman–Crippen LogP) is 4.04. The van der Waals surface area contributed by atoms with Gasteiger partial charge in [0, 0.05) is 30.1 Å². The van der Waals surface area contributed by atoms with Gasteiger partial charge in [0.05, 0.1) is 27.2 Å². The van der Waals surface area contributed by atoms with E-state index >= 15 is 0 Å². The second kappa shape index (κ2) is 12.9. The standard InChI is InChI=1S/C30H38N2O6/c1-4-38-28(33)8-11-31-30(35)22-7-5-6-21(15-22)19-32-12-9-20(10-13-32)14-24-16-23-17-26(36-2)27(37-3)18-25(23)29(24)34/h5-7,15,17-18,20,24H,4,8-14,16,19H2,1-3H3,(H,31,35). The van der Waals surface area contributed by atoms with Gasteiger partial charge >= 0.3 is 5.97 Å². The summed E-state index contributed by atoms with van der Waals surface area (Å²) >= 11 is 0. The number of esters is 1. The highest BCUT2D eigenvalue weighted by molar-refractivity contribution is 6.03. The number of carbonyl (C=O) groups is 3. The van der Waals surface area contributed by atoms with Gasteiger partial charge in [0.2, 0.25) is 0 Å². The first-order valence-corrected chi connectivity index (χ1v) is 13.5. The van der Waals surface area contributed by atoms with E-state index in [9.17, 15) is 14.4 Å². The molecule has 2 aromatic rings. The Morgan fingerprint density at radius 1 is 1.05 bits per heavy atom. The Morgan fingerprint density at radius 2 is 1.79 bits per heavy atom. The minimum atomic E-state index is -0.313. The van der Waals surface area contributed by atoms with Crippen LogP contribution in [0.1, 0.15) is 64.4 Å². The van der Waals surface area contributed by atoms with Gasteiger partial charge in [-0.3, -0.25) is 19.3 Å². The molecule has 1 heterocycles. The van der Waals surface area contributed by atoms with Crippen LogP contribution in [0.4, 0.5) is 0 Å². The highest BCUT2D eigenvalue weighted by atomic mass is 16.5. The van der Waals surface area contributed by atoms with Crippen molar-refractivity contribution in [3.05, 3.63) is 58.7 Å². The van der Waals surface area contributed by atoms with Crippen molar-refractivity contribution >= 4 is 17.7 Å². The molecule has 38 heavy (non-hydrogen) atoms. The molecule has 1 atom stereocenters. The number of benzene rings is 2. The van der Waals surface area contributed by atoms with Crippen LogP contribution in [0.15, 0.2) is 36.4 Å². The number of rotatable bonds is 11. The zero-order valence-corrected chi connectivity index (χ0v) is 22.6. The summed E-state index contributed by atoms with van der Waals surface area (Å²) in [5.74, 6) is 1.55. The molecule has 1 N–H and O–H groups in total. The number of hydrogen-bond donors (Lipinski definition) is 1. The number of nitrogens with one attached hydrogen (secondary N) is 1. The second-order valence-electron chi connectivity index (χ2n) is 10.1. The van der Waals surface area contributed by atoms with E-state index in [1.54, 1.807) is 27.2 Å². The molecule has 0 aromatic heterocycles. The van der Waals surface area contributed by atoms with Crippen LogP contribution in [-0.4, -0.2) is 63.0 Å². The Hall–Kier alpha value is -3.39. The summed E-state index contributed by atoms with van der Waals surface area (Å²) in [6.07, 6.45) is 3.95. The number of Topliss-reactive ketones (excluding diaryl/α,β-unsaturated/α-hetero) is 1. The van der Waals surface area contributed by atoms with E-state index < -0.39 is 0 Å². The first-order valence-electron chi connectivity index (χ1n) is 13.5. The maximum atomic E-state index is 13.1. The van der Waals surface area contributed by atoms with Crippen LogP contribution in [0.25, 0.3) is 0 Å². The SMILES string of the molecule is CCOC(=O)CCNC(=O)c1cccc(CN2CCC(CC3Cc4cc(OC)c(OC)cc4C3=O)CC2)c1. The lowest BCUT2D eigenvalue weighted by Crippen LogP contribution is -2.34. The van der Waals surface area contributed by atoms with Crippen LogP contribution in [0.2, 0.25) is 0 Å². The minimum absolute atomic E-state index is 0.0254. The van der Waals surface area contributed by atoms with Crippen molar-refractivity contribution in [2.45, 2.75) is 45.6 Å². The molecular formula is C30H38N2O6. The molecular weight excluding hydrogens is 484 g/mol. The molecule has 1 fully saturated rings. The van der Waals surface area contributed by atoms with Crippen LogP contribution in [0.3, 0.4) is 0 Å². The molecule has 1 aliphatic carbocycles. The highest BCUT2D eigenvalue weighted by Gasteiger charge is 2.34. The fraction of sp³-hybridized carbons (Fsp3) is 0.500. The van der Waals surface area contributed by atoms with E-state index in [-0.39, 0.29) is 36.5 Å². The van der Waals surface area contributed by atoms with Crippen molar-refractivity contribution in [2.24, 2.45) is 11.8 Å². The van der Waals surface area contributed by atoms with Crippen LogP contribution in [-0.2, 0) is 22.5 Å². The number of hydrogen-bond acceptors (Lipinski definition) is 7. The maximum Gasteiger partial charge on any atom is 0.307 e. The molecule has 2 aromatic carbocycles. The quantitative estimate of drug-likeness (QED) is 0.445. The summed E-state index contributed by atoms with van der Waals surface area (Å²) < 4.78 is 15.7. The Morgan fingerprint density at radius 3 is 2.50 bits per heavy atom. The number of carbonyl (C=O) groups excluding carboxylic acids is 3. The zero-order valence-electron chi connectivity index (χ0n) is 22.6. The largest absolute Gasteiger partial charge is 0.493 e. The van der Waals surface area contributed by atoms with Crippen molar-refractivity contribution < 1.29 is 28.6 Å². The Kier molecular flexibility index (Phi) is 9.39. The normalized spacial score (nSPS) is 17.7. The van der Waals surface area contributed by atoms with Gasteiger partial charge in [-0.1, -0.05) is 12.1 Å². The molecule has 8 nitrogen and oxygen atoms in total. The minimum Gasteiger partial charge on any atom is -0.493 e. The van der Waals surface area contributed by atoms with E-state index in [2.05, 4.69) is 10.2 Å². The molecule has 4 rings (SSSR count). The molecule has 1 aliphatic heterocycles. The molecule has 0 spiro atoms. The van der Waals surface area contributed by atoms with E-state index in [1.165, 1.54) is 0 Å². The first kappa shape index (κ1) is 27.6. The average molecular weight is 523 g/mol. The summed E-state index contributed by atoms with van der Waals surface area (Å²) in [5.41, 5.74) is 3.51. The van der Waals surface area contributed by atoms with Gasteiger partial charge in [-0.25, -0.2) is 0 Å². The number of fused-ring (bicyclic) bond motifs is 1. The first-order chi connectivity index (χ1) is 18.4. The molecule has 1 saturated heterocycles. The number of ether oxygens (including phenoxy) is 3. The van der Waals surface area contributed by atoms with Gasteiger partial charge in [0.1, 0.15) is 0 Å². The molecule has 0 radical (unpaired) electrons. The van der Waals surface area contributed by atoms with Gasteiger partial charge in [-0.15, -0.1) is 0 Å². The number of methoxy groups -OCH3 is 2. The summed E-state index contributed by atoms with van der Waals surface area (Å²) in [4.78, 5) is 39.5. The number of nitrogens with zero attached hydrogens (tertiary/aromatic N) is 1. The van der Waals surface area contributed by atoms with Gasteiger partial charge < -0.3 is 19.5 Å². The van der Waals surface area contributed by atoms with Crippen LogP contribution < -0.4 is 14.8 Å². The van der Waals surface area contributed by atoms with E-state index in [0.717, 1.165) is 62.0 Å². The number of ketones is 1. The van der Waals surface area contributed by atoms with E-state index in [0.29, 0.717) is 29.6 Å². The maximum absolute atomic E-state index is 13.1. The number of piperidine rings is 1. The topological polar surface area (TPSA) is 94.2 Å². The summed E-state index contributed by atoms with van der Waals surface area (Å²) in [6, 6.07) is 11.4. The monoisotopic (exact) mass is 522 g/mol. The second-order valence-corrected chi connectivity index (χ2v) is 10.1. The lowest BCUT2D eigenvalue weighted by Gasteiger charge is -2.33. The summed E-state index contributed by atoms with van der Waals surface area (Å²) in [7, 11) is 3.21. The van der Waals surface area contributed by atoms with Gasteiger partial charge in [-0.05, 0) is 87.0 Å². The zero-order chi connectivity index (χ0) is 27.1. The lowest BCUT2D eigenvalue weighted by atomic mass is 9.85. The fourth-order valence-electron chi connectivity index (χ4n) is 5.55.